The van der Waals surface area contributed by atoms with Crippen molar-refractivity contribution in [3.63, 3.8) is 0 Å². The summed E-state index contributed by atoms with van der Waals surface area (Å²) in [6.07, 6.45) is 6.40. The summed E-state index contributed by atoms with van der Waals surface area (Å²) in [6.45, 7) is 4.82. The maximum atomic E-state index is 13.4. The highest BCUT2D eigenvalue weighted by Crippen LogP contribution is 2.47. The van der Waals surface area contributed by atoms with Gasteiger partial charge in [0.15, 0.2) is 11.5 Å². The number of ether oxygens (including phenoxy) is 1. The Hall–Kier alpha value is -3.42. The van der Waals surface area contributed by atoms with Gasteiger partial charge in [-0.1, -0.05) is 0 Å². The third-order valence-corrected chi connectivity index (χ3v) is 7.17. The summed E-state index contributed by atoms with van der Waals surface area (Å²) in [5.41, 5.74) is 11.3. The summed E-state index contributed by atoms with van der Waals surface area (Å²) in [5, 5.41) is 4.21. The smallest absolute Gasteiger partial charge is 0.345 e. The van der Waals surface area contributed by atoms with Crippen LogP contribution in [-0.2, 0) is 11.3 Å². The van der Waals surface area contributed by atoms with E-state index < -0.39 is 5.97 Å². The van der Waals surface area contributed by atoms with Crippen LogP contribution >= 0.6 is 0 Å². The van der Waals surface area contributed by atoms with E-state index in [4.69, 9.17) is 15.5 Å². The fourth-order valence-electron chi connectivity index (χ4n) is 5.04. The molecule has 2 fully saturated rings. The molecule has 6 rings (SSSR count). The van der Waals surface area contributed by atoms with Gasteiger partial charge >= 0.3 is 5.97 Å². The van der Waals surface area contributed by atoms with Gasteiger partial charge in [-0.3, -0.25) is 4.79 Å². The summed E-state index contributed by atoms with van der Waals surface area (Å²) < 4.78 is 6.66. The number of esters is 1. The van der Waals surface area contributed by atoms with Crippen molar-refractivity contribution in [3.8, 4) is 11.3 Å². The second kappa shape index (κ2) is 7.30. The summed E-state index contributed by atoms with van der Waals surface area (Å²) in [5.74, 6) is 0.807. The van der Waals surface area contributed by atoms with E-state index in [0.29, 0.717) is 24.0 Å². The number of nitrogens with two attached hydrogens (primary N) is 1. The third-order valence-electron chi connectivity index (χ3n) is 7.17. The van der Waals surface area contributed by atoms with E-state index in [1.807, 2.05) is 11.0 Å². The minimum absolute atomic E-state index is 0.0982. The maximum absolute atomic E-state index is 13.4. The van der Waals surface area contributed by atoms with Gasteiger partial charge in [0.1, 0.15) is 5.56 Å². The first-order valence-corrected chi connectivity index (χ1v) is 11.8. The first-order valence-electron chi connectivity index (χ1n) is 11.8. The van der Waals surface area contributed by atoms with Crippen LogP contribution in [0.5, 0.6) is 0 Å². The molecular weight excluding hydrogens is 418 g/mol. The van der Waals surface area contributed by atoms with E-state index in [1.165, 1.54) is 17.4 Å². The van der Waals surface area contributed by atoms with Gasteiger partial charge in [-0.2, -0.15) is 0 Å². The normalized spacial score (nSPS) is 18.6. The number of benzene rings is 1. The molecule has 1 amide bonds. The number of carbonyl (C=O) groups excluding carboxylic acids is 2. The van der Waals surface area contributed by atoms with Crippen molar-refractivity contribution in [2.75, 3.05) is 12.3 Å². The number of amides is 1. The minimum Gasteiger partial charge on any atom is -0.462 e. The molecule has 8 nitrogen and oxygen atoms in total. The molecule has 3 heterocycles. The van der Waals surface area contributed by atoms with Crippen LogP contribution in [0, 0.1) is 5.92 Å². The molecule has 3 aliphatic rings. The number of hydrogen-bond acceptors (Lipinski definition) is 6. The Morgan fingerprint density at radius 2 is 2.06 bits per heavy atom. The molecule has 2 aromatic heterocycles. The van der Waals surface area contributed by atoms with Crippen LogP contribution in [-0.4, -0.2) is 44.0 Å². The number of rotatable bonds is 6. The number of aromatic nitrogens is 3. The van der Waals surface area contributed by atoms with E-state index in [1.54, 1.807) is 13.1 Å². The van der Waals surface area contributed by atoms with Crippen molar-refractivity contribution in [3.05, 3.63) is 46.6 Å². The zero-order valence-electron chi connectivity index (χ0n) is 18.9. The summed E-state index contributed by atoms with van der Waals surface area (Å²) in [6, 6.07) is 6.34. The monoisotopic (exact) mass is 445 g/mol. The molecule has 0 unspecified atom stereocenters. The van der Waals surface area contributed by atoms with Crippen LogP contribution in [0.3, 0.4) is 0 Å². The first kappa shape index (κ1) is 20.2. The van der Waals surface area contributed by atoms with Gasteiger partial charge in [0.05, 0.1) is 12.3 Å². The number of hydrogen-bond donors (Lipinski definition) is 1. The molecule has 1 aliphatic heterocycles. The summed E-state index contributed by atoms with van der Waals surface area (Å²) in [7, 11) is 0. The van der Waals surface area contributed by atoms with E-state index >= 15 is 0 Å². The molecule has 0 saturated heterocycles. The van der Waals surface area contributed by atoms with Crippen LogP contribution in [0.2, 0.25) is 0 Å². The van der Waals surface area contributed by atoms with Crippen molar-refractivity contribution in [1.82, 2.24) is 19.5 Å². The molecule has 2 aliphatic carbocycles. The highest BCUT2D eigenvalue weighted by atomic mass is 16.5. The van der Waals surface area contributed by atoms with E-state index in [-0.39, 0.29) is 29.9 Å². The molecule has 3 aromatic rings. The third kappa shape index (κ3) is 3.27. The molecule has 8 heteroatoms. The van der Waals surface area contributed by atoms with Gasteiger partial charge in [0.2, 0.25) is 0 Å². The Morgan fingerprint density at radius 3 is 2.76 bits per heavy atom. The van der Waals surface area contributed by atoms with Crippen molar-refractivity contribution in [2.24, 2.45) is 5.92 Å². The number of fused-ring (bicyclic) bond motifs is 2. The predicted molar refractivity (Wildman–Crippen MR) is 123 cm³/mol. The van der Waals surface area contributed by atoms with Crippen LogP contribution in [0.1, 0.15) is 77.3 Å². The standard InChI is InChI=1S/C25H27N5O3/c1-3-33-25(32)21-22(26)28-30-9-8-19(27-23(21)30)16-10-17-12-29(13(2)14-4-5-14)24(31)20(17)18(11-16)15-6-7-15/h8-11,13-15H,3-7,12H2,1-2H3,(H2,26,28)/t13-/m0/s1. The van der Waals surface area contributed by atoms with Crippen molar-refractivity contribution >= 4 is 23.3 Å². The SMILES string of the molecule is CCOC(=O)c1c(N)nn2ccc(-c3cc4c(c(C5CC5)c3)C(=O)N([C@@H](C)C3CC3)C4)nc12. The Bertz CT molecular complexity index is 1310. The van der Waals surface area contributed by atoms with Crippen LogP contribution in [0.25, 0.3) is 16.9 Å². The lowest BCUT2D eigenvalue weighted by Crippen LogP contribution is -2.34. The van der Waals surface area contributed by atoms with Gasteiger partial charge in [0, 0.05) is 29.9 Å². The van der Waals surface area contributed by atoms with Crippen molar-refractivity contribution in [2.45, 2.75) is 58.0 Å². The molecule has 0 bridgehead atoms. The fourth-order valence-corrected chi connectivity index (χ4v) is 5.04. The van der Waals surface area contributed by atoms with Gasteiger partial charge < -0.3 is 15.4 Å². The molecule has 1 atom stereocenters. The summed E-state index contributed by atoms with van der Waals surface area (Å²) in [4.78, 5) is 32.6. The molecule has 170 valence electrons. The first-order chi connectivity index (χ1) is 16.0. The van der Waals surface area contributed by atoms with Crippen LogP contribution in [0.4, 0.5) is 5.82 Å². The van der Waals surface area contributed by atoms with E-state index in [2.05, 4.69) is 24.2 Å². The van der Waals surface area contributed by atoms with E-state index in [9.17, 15) is 9.59 Å². The highest BCUT2D eigenvalue weighted by Gasteiger charge is 2.41. The van der Waals surface area contributed by atoms with Crippen molar-refractivity contribution in [1.29, 1.82) is 0 Å². The predicted octanol–water partition coefficient (Wildman–Crippen LogP) is 3.79. The summed E-state index contributed by atoms with van der Waals surface area (Å²) >= 11 is 0. The molecule has 33 heavy (non-hydrogen) atoms. The van der Waals surface area contributed by atoms with Gasteiger partial charge in [-0.05, 0) is 80.7 Å². The molecule has 2 saturated carbocycles. The van der Waals surface area contributed by atoms with Crippen LogP contribution in [0.15, 0.2) is 24.4 Å². The van der Waals surface area contributed by atoms with Crippen molar-refractivity contribution < 1.29 is 14.3 Å². The second-order valence-corrected chi connectivity index (χ2v) is 9.45. The lowest BCUT2D eigenvalue weighted by Gasteiger charge is -2.24. The molecule has 0 spiro atoms. The lowest BCUT2D eigenvalue weighted by atomic mass is 9.95. The Balaban J connectivity index is 1.44. The maximum Gasteiger partial charge on any atom is 0.345 e. The second-order valence-electron chi connectivity index (χ2n) is 9.45. The highest BCUT2D eigenvalue weighted by molar-refractivity contribution is 6.02. The lowest BCUT2D eigenvalue weighted by molar-refractivity contribution is 0.0529. The molecule has 1 aromatic carbocycles. The zero-order valence-corrected chi connectivity index (χ0v) is 18.9. The van der Waals surface area contributed by atoms with E-state index in [0.717, 1.165) is 40.8 Å². The molecule has 2 N–H and O–H groups in total. The minimum atomic E-state index is -0.530. The topological polar surface area (TPSA) is 103 Å². The van der Waals surface area contributed by atoms with Crippen LogP contribution < -0.4 is 5.73 Å². The number of nitrogen functional groups attached to an aromatic ring is 1. The van der Waals surface area contributed by atoms with Gasteiger partial charge in [-0.25, -0.2) is 14.3 Å². The Labute approximate surface area is 191 Å². The largest absolute Gasteiger partial charge is 0.462 e. The molecule has 0 radical (unpaired) electrons. The number of anilines is 1. The zero-order chi connectivity index (χ0) is 22.9. The Kier molecular flexibility index (Phi) is 4.47. The van der Waals surface area contributed by atoms with Gasteiger partial charge in [-0.15, -0.1) is 5.10 Å². The number of carbonyl (C=O) groups is 2. The average Bonchev–Trinajstić information content (AvgIpc) is 3.71. The fraction of sp³-hybridized carbons (Fsp3) is 0.440. The Morgan fingerprint density at radius 1 is 1.27 bits per heavy atom. The quantitative estimate of drug-likeness (QED) is 0.579. The average molecular weight is 446 g/mol. The molecular formula is C25H27N5O3. The number of nitrogens with zero attached hydrogens (tertiary/aromatic N) is 4. The van der Waals surface area contributed by atoms with Gasteiger partial charge in [0.25, 0.3) is 5.91 Å².